The number of fused-ring (bicyclic) bond motifs is 1. The summed E-state index contributed by atoms with van der Waals surface area (Å²) >= 11 is 12.1. The number of piperidine rings is 1. The number of hydrogen-bond donors (Lipinski definition) is 1. The van der Waals surface area contributed by atoms with Crippen LogP contribution in [0.2, 0.25) is 10.0 Å². The first kappa shape index (κ1) is 26.6. The number of aliphatic hydroxyl groups is 1. The highest BCUT2D eigenvalue weighted by molar-refractivity contribution is 6.32. The standard InChI is InChI=1S/C28H28Cl2F2N2O2/c1-36-20-5-7-26-21(16-20)27(23(30)17-33-26)24(31)8-9-28(18-35)10-13-34(14-11-28)12-2-3-19-4-6-22(29)25(32)15-19/h4-7,15-17,24,35H,8-14,18H2,1H3. The number of aliphatic hydroxyl groups excluding tert-OH is 1. The Kier molecular flexibility index (Phi) is 8.69. The molecule has 8 heteroatoms. The lowest BCUT2D eigenvalue weighted by atomic mass is 9.74. The van der Waals surface area contributed by atoms with E-state index in [1.165, 1.54) is 18.3 Å². The highest BCUT2D eigenvalue weighted by Crippen LogP contribution is 2.41. The quantitative estimate of drug-likeness (QED) is 0.348. The van der Waals surface area contributed by atoms with Crippen LogP contribution in [0.15, 0.2) is 42.6 Å². The third kappa shape index (κ3) is 6.10. The number of nitrogens with zero attached hydrogens (tertiary/aromatic N) is 2. The third-order valence-corrected chi connectivity index (χ3v) is 7.62. The molecule has 36 heavy (non-hydrogen) atoms. The highest BCUT2D eigenvalue weighted by atomic mass is 35.5. The molecule has 0 radical (unpaired) electrons. The van der Waals surface area contributed by atoms with Crippen molar-refractivity contribution in [3.05, 3.63) is 69.6 Å². The minimum absolute atomic E-state index is 0.00192. The van der Waals surface area contributed by atoms with Crippen LogP contribution in [0.3, 0.4) is 0 Å². The van der Waals surface area contributed by atoms with E-state index in [1.54, 1.807) is 31.4 Å². The van der Waals surface area contributed by atoms with Crippen molar-refractivity contribution in [3.8, 4) is 17.6 Å². The van der Waals surface area contributed by atoms with Crippen LogP contribution in [0.1, 0.15) is 43.0 Å². The van der Waals surface area contributed by atoms with Crippen molar-refractivity contribution >= 4 is 34.1 Å². The number of ether oxygens (including phenoxy) is 1. The maximum atomic E-state index is 15.6. The molecule has 4 nitrogen and oxygen atoms in total. The molecular weight excluding hydrogens is 505 g/mol. The van der Waals surface area contributed by atoms with Crippen LogP contribution in [-0.4, -0.2) is 48.3 Å². The Bertz CT molecular complexity index is 1280. The van der Waals surface area contributed by atoms with Crippen molar-refractivity contribution in [1.82, 2.24) is 9.88 Å². The Labute approximate surface area is 220 Å². The van der Waals surface area contributed by atoms with Crippen LogP contribution in [0.5, 0.6) is 5.75 Å². The maximum Gasteiger partial charge on any atom is 0.143 e. The Balaban J connectivity index is 1.37. The van der Waals surface area contributed by atoms with E-state index >= 15 is 4.39 Å². The predicted octanol–water partition coefficient (Wildman–Crippen LogP) is 6.61. The van der Waals surface area contributed by atoms with E-state index in [0.29, 0.717) is 40.7 Å². The van der Waals surface area contributed by atoms with Gasteiger partial charge in [-0.25, -0.2) is 8.78 Å². The van der Waals surface area contributed by atoms with E-state index < -0.39 is 12.0 Å². The molecule has 0 spiro atoms. The molecule has 0 aliphatic carbocycles. The van der Waals surface area contributed by atoms with Gasteiger partial charge in [-0.05, 0) is 80.6 Å². The minimum Gasteiger partial charge on any atom is -0.497 e. The summed E-state index contributed by atoms with van der Waals surface area (Å²) in [5.41, 5.74) is 1.30. The lowest BCUT2D eigenvalue weighted by molar-refractivity contribution is 0.0344. The number of rotatable bonds is 7. The molecule has 4 rings (SSSR count). The number of likely N-dealkylation sites (tertiary alicyclic amines) is 1. The molecule has 1 N–H and O–H groups in total. The summed E-state index contributed by atoms with van der Waals surface area (Å²) in [6.07, 6.45) is 2.47. The molecule has 1 aliphatic rings. The van der Waals surface area contributed by atoms with Crippen LogP contribution in [0, 0.1) is 23.1 Å². The molecule has 2 heterocycles. The topological polar surface area (TPSA) is 45.6 Å². The predicted molar refractivity (Wildman–Crippen MR) is 140 cm³/mol. The van der Waals surface area contributed by atoms with Gasteiger partial charge >= 0.3 is 0 Å². The summed E-state index contributed by atoms with van der Waals surface area (Å²) in [6.45, 7) is 2.04. The number of methoxy groups -OCH3 is 1. The summed E-state index contributed by atoms with van der Waals surface area (Å²) in [4.78, 5) is 6.50. The number of halogens is 4. The zero-order chi connectivity index (χ0) is 25.7. The largest absolute Gasteiger partial charge is 0.497 e. The molecule has 2 aromatic carbocycles. The lowest BCUT2D eigenvalue weighted by Gasteiger charge is -2.40. The molecule has 1 aliphatic heterocycles. The number of alkyl halides is 1. The lowest BCUT2D eigenvalue weighted by Crippen LogP contribution is -2.42. The second-order valence-corrected chi connectivity index (χ2v) is 10.1. The van der Waals surface area contributed by atoms with E-state index in [0.717, 1.165) is 25.9 Å². The molecule has 190 valence electrons. The van der Waals surface area contributed by atoms with Crippen LogP contribution in [0.25, 0.3) is 10.9 Å². The van der Waals surface area contributed by atoms with Gasteiger partial charge < -0.3 is 9.84 Å². The van der Waals surface area contributed by atoms with Crippen LogP contribution >= 0.6 is 23.2 Å². The molecule has 1 saturated heterocycles. The second kappa shape index (κ2) is 11.7. The monoisotopic (exact) mass is 532 g/mol. The molecule has 1 atom stereocenters. The number of pyridine rings is 1. The average Bonchev–Trinajstić information content (AvgIpc) is 2.89. The average molecular weight is 533 g/mol. The molecule has 0 amide bonds. The van der Waals surface area contributed by atoms with E-state index in [1.807, 2.05) is 0 Å². The van der Waals surface area contributed by atoms with Gasteiger partial charge in [-0.2, -0.15) is 0 Å². The fourth-order valence-corrected chi connectivity index (χ4v) is 5.08. The van der Waals surface area contributed by atoms with E-state index in [4.69, 9.17) is 27.9 Å². The minimum atomic E-state index is -1.29. The van der Waals surface area contributed by atoms with Crippen molar-refractivity contribution in [2.24, 2.45) is 5.41 Å². The maximum absolute atomic E-state index is 15.6. The van der Waals surface area contributed by atoms with Gasteiger partial charge in [0.05, 0.1) is 29.2 Å². The van der Waals surface area contributed by atoms with Crippen molar-refractivity contribution in [1.29, 1.82) is 0 Å². The number of hydrogen-bond acceptors (Lipinski definition) is 4. The van der Waals surface area contributed by atoms with Gasteiger partial charge in [-0.1, -0.05) is 35.0 Å². The van der Waals surface area contributed by atoms with Gasteiger partial charge in [0, 0.05) is 29.3 Å². The van der Waals surface area contributed by atoms with E-state index in [-0.39, 0.29) is 28.5 Å². The third-order valence-electron chi connectivity index (χ3n) is 7.02. The SMILES string of the molecule is COc1ccc2ncc(Cl)c(C(F)CCC3(CO)CCN(CC#Cc4ccc(Cl)c(F)c4)CC3)c2c1. The van der Waals surface area contributed by atoms with E-state index in [9.17, 15) is 9.50 Å². The van der Waals surface area contributed by atoms with Crippen molar-refractivity contribution < 1.29 is 18.6 Å². The van der Waals surface area contributed by atoms with Crippen LogP contribution in [-0.2, 0) is 0 Å². The van der Waals surface area contributed by atoms with Gasteiger partial charge in [-0.15, -0.1) is 0 Å². The molecule has 3 aromatic rings. The number of aromatic nitrogens is 1. The van der Waals surface area contributed by atoms with Gasteiger partial charge in [0.2, 0.25) is 0 Å². The first-order chi connectivity index (χ1) is 17.3. The molecule has 1 aromatic heterocycles. The Morgan fingerprint density at radius 3 is 2.64 bits per heavy atom. The van der Waals surface area contributed by atoms with Crippen molar-refractivity contribution in [3.63, 3.8) is 0 Å². The molecule has 0 saturated carbocycles. The smallest absolute Gasteiger partial charge is 0.143 e. The fraction of sp³-hybridized carbons (Fsp3) is 0.393. The first-order valence-corrected chi connectivity index (χ1v) is 12.6. The van der Waals surface area contributed by atoms with Gasteiger partial charge in [0.25, 0.3) is 0 Å². The molecule has 1 fully saturated rings. The zero-order valence-electron chi connectivity index (χ0n) is 20.0. The van der Waals surface area contributed by atoms with Crippen LogP contribution < -0.4 is 4.74 Å². The summed E-state index contributed by atoms with van der Waals surface area (Å²) in [6, 6.07) is 9.84. The van der Waals surface area contributed by atoms with Gasteiger partial charge in [0.1, 0.15) is 17.7 Å². The van der Waals surface area contributed by atoms with Crippen molar-refractivity contribution in [2.45, 2.75) is 31.9 Å². The summed E-state index contributed by atoms with van der Waals surface area (Å²) < 4.78 is 34.5. The normalized spacial score (nSPS) is 16.4. The summed E-state index contributed by atoms with van der Waals surface area (Å²) in [5.74, 6) is 6.17. The summed E-state index contributed by atoms with van der Waals surface area (Å²) in [7, 11) is 1.56. The Hall–Kier alpha value is -2.43. The van der Waals surface area contributed by atoms with Crippen molar-refractivity contribution in [2.75, 3.05) is 33.4 Å². The fourth-order valence-electron chi connectivity index (χ4n) is 4.69. The second-order valence-electron chi connectivity index (χ2n) is 9.27. The Morgan fingerprint density at radius 2 is 1.94 bits per heavy atom. The van der Waals surface area contributed by atoms with Crippen LogP contribution in [0.4, 0.5) is 8.78 Å². The molecule has 1 unspecified atom stereocenters. The molecular formula is C28H28Cl2F2N2O2. The summed E-state index contributed by atoms with van der Waals surface area (Å²) in [5, 5.41) is 11.2. The van der Waals surface area contributed by atoms with Gasteiger partial charge in [0.15, 0.2) is 0 Å². The Morgan fingerprint density at radius 1 is 1.17 bits per heavy atom. The molecule has 0 bridgehead atoms. The number of benzene rings is 2. The van der Waals surface area contributed by atoms with E-state index in [2.05, 4.69) is 21.7 Å². The zero-order valence-corrected chi connectivity index (χ0v) is 21.5. The first-order valence-electron chi connectivity index (χ1n) is 11.9. The highest BCUT2D eigenvalue weighted by Gasteiger charge is 2.35. The van der Waals surface area contributed by atoms with Gasteiger partial charge in [-0.3, -0.25) is 9.88 Å².